The van der Waals surface area contributed by atoms with E-state index in [-0.39, 0.29) is 29.3 Å². The van der Waals surface area contributed by atoms with Crippen molar-refractivity contribution in [1.29, 1.82) is 0 Å². The molecule has 0 saturated heterocycles. The molecule has 0 unspecified atom stereocenters. The summed E-state index contributed by atoms with van der Waals surface area (Å²) in [6.07, 6.45) is 0.629. The molecule has 0 spiro atoms. The van der Waals surface area contributed by atoms with Crippen molar-refractivity contribution in [1.82, 2.24) is 14.9 Å². The molecule has 1 heterocycles. The van der Waals surface area contributed by atoms with Gasteiger partial charge in [0, 0.05) is 24.5 Å². The van der Waals surface area contributed by atoms with Gasteiger partial charge in [0.1, 0.15) is 10.6 Å². The minimum Gasteiger partial charge on any atom is -0.495 e. The Bertz CT molecular complexity index is 1070. The number of esters is 1. The Kier molecular flexibility index (Phi) is 9.82. The van der Waals surface area contributed by atoms with E-state index in [1.807, 2.05) is 17.5 Å². The molecule has 33 heavy (non-hydrogen) atoms. The number of imide groups is 1. The van der Waals surface area contributed by atoms with Gasteiger partial charge in [0.25, 0.3) is 5.91 Å². The predicted octanol–water partition coefficient (Wildman–Crippen LogP) is 2.01. The van der Waals surface area contributed by atoms with Crippen molar-refractivity contribution in [2.45, 2.75) is 25.2 Å². The van der Waals surface area contributed by atoms with Crippen molar-refractivity contribution in [2.24, 2.45) is 0 Å². The summed E-state index contributed by atoms with van der Waals surface area (Å²) in [7, 11) is -2.58. The lowest BCUT2D eigenvalue weighted by Gasteiger charge is -2.20. The molecule has 0 radical (unpaired) electrons. The second kappa shape index (κ2) is 12.3. The standard InChI is InChI=1S/C21H27N3O7S2/c1-4-24(5-2)33(28,29)18-13-15(8-9-17(18)30-3)20(26)31-14-19(25)23-21(27)22-11-10-16-7-6-12-32-16/h6-9,12-13H,4-5,10-11,14H2,1-3H3,(H2,22,23,25,27). The third kappa shape index (κ3) is 7.27. The van der Waals surface area contributed by atoms with Gasteiger partial charge in [-0.1, -0.05) is 19.9 Å². The van der Waals surface area contributed by atoms with Crippen LogP contribution in [0.5, 0.6) is 5.75 Å². The third-order valence-corrected chi connectivity index (χ3v) is 7.55. The van der Waals surface area contributed by atoms with E-state index in [9.17, 15) is 22.8 Å². The highest BCUT2D eigenvalue weighted by Gasteiger charge is 2.27. The maximum atomic E-state index is 12.9. The molecule has 2 aromatic rings. The minimum absolute atomic E-state index is 0.0743. The first kappa shape index (κ1) is 26.3. The smallest absolute Gasteiger partial charge is 0.338 e. The zero-order valence-corrected chi connectivity index (χ0v) is 20.3. The molecule has 0 fully saturated rings. The quantitative estimate of drug-likeness (QED) is 0.454. The fourth-order valence-corrected chi connectivity index (χ4v) is 5.23. The molecule has 0 atom stereocenters. The van der Waals surface area contributed by atoms with Crippen molar-refractivity contribution in [3.8, 4) is 5.75 Å². The van der Waals surface area contributed by atoms with Gasteiger partial charge in [0.15, 0.2) is 6.61 Å². The molecular weight excluding hydrogens is 470 g/mol. The molecule has 0 aliphatic rings. The van der Waals surface area contributed by atoms with Crippen LogP contribution in [0, 0.1) is 0 Å². The fourth-order valence-electron chi connectivity index (χ4n) is 2.88. The first-order valence-corrected chi connectivity index (χ1v) is 12.5. The Morgan fingerprint density at radius 3 is 2.45 bits per heavy atom. The van der Waals surface area contributed by atoms with Crippen LogP contribution in [0.2, 0.25) is 0 Å². The highest BCUT2D eigenvalue weighted by atomic mass is 32.2. The van der Waals surface area contributed by atoms with Crippen LogP contribution in [0.1, 0.15) is 29.1 Å². The Morgan fingerprint density at radius 2 is 1.85 bits per heavy atom. The number of hydrogen-bond donors (Lipinski definition) is 2. The second-order valence-corrected chi connectivity index (χ2v) is 9.60. The fraction of sp³-hybridized carbons (Fsp3) is 0.381. The number of carbonyl (C=O) groups is 3. The average molecular weight is 498 g/mol. The van der Waals surface area contributed by atoms with Gasteiger partial charge >= 0.3 is 12.0 Å². The lowest BCUT2D eigenvalue weighted by molar-refractivity contribution is -0.123. The monoisotopic (exact) mass is 497 g/mol. The molecule has 1 aromatic carbocycles. The number of hydrogen-bond acceptors (Lipinski definition) is 8. The number of methoxy groups -OCH3 is 1. The Morgan fingerprint density at radius 1 is 1.12 bits per heavy atom. The van der Waals surface area contributed by atoms with Gasteiger partial charge in [0.2, 0.25) is 10.0 Å². The number of carbonyl (C=O) groups excluding carboxylic acids is 3. The first-order valence-electron chi connectivity index (χ1n) is 10.2. The zero-order valence-electron chi connectivity index (χ0n) is 18.6. The van der Waals surface area contributed by atoms with Crippen molar-refractivity contribution in [3.05, 3.63) is 46.2 Å². The average Bonchev–Trinajstić information content (AvgIpc) is 3.31. The second-order valence-electron chi connectivity index (χ2n) is 6.66. The maximum Gasteiger partial charge on any atom is 0.338 e. The van der Waals surface area contributed by atoms with Crippen molar-refractivity contribution in [2.75, 3.05) is 33.4 Å². The molecule has 12 heteroatoms. The Hall–Kier alpha value is -2.96. The maximum absolute atomic E-state index is 12.9. The SMILES string of the molecule is CCN(CC)S(=O)(=O)c1cc(C(=O)OCC(=O)NC(=O)NCCc2cccs2)ccc1OC. The van der Waals surface area contributed by atoms with Gasteiger partial charge in [-0.05, 0) is 36.1 Å². The lowest BCUT2D eigenvalue weighted by Crippen LogP contribution is -2.42. The normalized spacial score (nSPS) is 11.2. The molecule has 180 valence electrons. The van der Waals surface area contributed by atoms with E-state index in [0.29, 0.717) is 13.0 Å². The summed E-state index contributed by atoms with van der Waals surface area (Å²) in [6, 6.07) is 6.95. The number of benzene rings is 1. The number of sulfonamides is 1. The number of amides is 3. The molecule has 2 N–H and O–H groups in total. The van der Waals surface area contributed by atoms with Gasteiger partial charge in [0.05, 0.1) is 12.7 Å². The number of rotatable bonds is 11. The van der Waals surface area contributed by atoms with Crippen LogP contribution < -0.4 is 15.4 Å². The largest absolute Gasteiger partial charge is 0.495 e. The molecule has 0 bridgehead atoms. The van der Waals surface area contributed by atoms with Crippen molar-refractivity contribution >= 4 is 39.3 Å². The van der Waals surface area contributed by atoms with E-state index < -0.39 is 34.5 Å². The van der Waals surface area contributed by atoms with Crippen molar-refractivity contribution < 1.29 is 32.3 Å². The van der Waals surface area contributed by atoms with Crippen LogP contribution in [0.3, 0.4) is 0 Å². The molecule has 1 aromatic heterocycles. The number of nitrogens with one attached hydrogen (secondary N) is 2. The van der Waals surface area contributed by atoms with E-state index in [4.69, 9.17) is 9.47 Å². The van der Waals surface area contributed by atoms with Gasteiger partial charge in [-0.3, -0.25) is 10.1 Å². The van der Waals surface area contributed by atoms with Crippen LogP contribution in [0.15, 0.2) is 40.6 Å². The first-order chi connectivity index (χ1) is 15.7. The number of urea groups is 1. The number of ether oxygens (including phenoxy) is 2. The number of thiophene rings is 1. The summed E-state index contributed by atoms with van der Waals surface area (Å²) < 4.78 is 37.1. The van der Waals surface area contributed by atoms with Crippen LogP contribution in [0.25, 0.3) is 0 Å². The van der Waals surface area contributed by atoms with Crippen LogP contribution >= 0.6 is 11.3 Å². The zero-order chi connectivity index (χ0) is 24.4. The molecular formula is C21H27N3O7S2. The molecule has 3 amide bonds. The number of nitrogens with zero attached hydrogens (tertiary/aromatic N) is 1. The molecule has 2 rings (SSSR count). The van der Waals surface area contributed by atoms with Gasteiger partial charge in [-0.2, -0.15) is 4.31 Å². The Balaban J connectivity index is 1.95. The predicted molar refractivity (Wildman–Crippen MR) is 123 cm³/mol. The summed E-state index contributed by atoms with van der Waals surface area (Å²) in [5.41, 5.74) is -0.0743. The van der Waals surface area contributed by atoms with E-state index >= 15 is 0 Å². The van der Waals surface area contributed by atoms with Crippen molar-refractivity contribution in [3.63, 3.8) is 0 Å². The van der Waals surface area contributed by atoms with E-state index in [1.165, 1.54) is 23.5 Å². The lowest BCUT2D eigenvalue weighted by atomic mass is 10.2. The van der Waals surface area contributed by atoms with Crippen LogP contribution in [0.4, 0.5) is 4.79 Å². The molecule has 0 aliphatic heterocycles. The molecule has 0 saturated carbocycles. The summed E-state index contributed by atoms with van der Waals surface area (Å²) >= 11 is 1.56. The highest BCUT2D eigenvalue weighted by molar-refractivity contribution is 7.89. The van der Waals surface area contributed by atoms with E-state index in [2.05, 4.69) is 10.6 Å². The van der Waals surface area contributed by atoms with Crippen LogP contribution in [-0.2, 0) is 26.0 Å². The third-order valence-electron chi connectivity index (χ3n) is 4.55. The van der Waals surface area contributed by atoms with Crippen LogP contribution in [-0.4, -0.2) is 64.0 Å². The van der Waals surface area contributed by atoms with Gasteiger partial charge in [-0.25, -0.2) is 18.0 Å². The summed E-state index contributed by atoms with van der Waals surface area (Å²) in [5.74, 6) is -1.65. The van der Waals surface area contributed by atoms with E-state index in [0.717, 1.165) is 10.9 Å². The highest BCUT2D eigenvalue weighted by Crippen LogP contribution is 2.28. The summed E-state index contributed by atoms with van der Waals surface area (Å²) in [4.78, 5) is 37.0. The minimum atomic E-state index is -3.90. The topological polar surface area (TPSA) is 131 Å². The summed E-state index contributed by atoms with van der Waals surface area (Å²) in [5, 5.41) is 6.53. The van der Waals surface area contributed by atoms with E-state index in [1.54, 1.807) is 25.2 Å². The molecule has 0 aliphatic carbocycles. The molecule has 10 nitrogen and oxygen atoms in total. The Labute approximate surface area is 196 Å². The summed E-state index contributed by atoms with van der Waals surface area (Å²) in [6.45, 7) is 3.51. The van der Waals surface area contributed by atoms with Gasteiger partial charge in [-0.15, -0.1) is 11.3 Å². The van der Waals surface area contributed by atoms with Gasteiger partial charge < -0.3 is 14.8 Å².